The molecule has 0 spiro atoms. The molecule has 152 valence electrons. The summed E-state index contributed by atoms with van der Waals surface area (Å²) in [6.45, 7) is 5.24. The van der Waals surface area contributed by atoms with E-state index in [0.717, 1.165) is 31.3 Å². The fourth-order valence-corrected chi connectivity index (χ4v) is 6.76. The van der Waals surface area contributed by atoms with Crippen molar-refractivity contribution in [1.82, 2.24) is 0 Å². The van der Waals surface area contributed by atoms with E-state index in [4.69, 9.17) is 4.74 Å². The van der Waals surface area contributed by atoms with Gasteiger partial charge in [0, 0.05) is 18.8 Å². The molecule has 0 amide bonds. The van der Waals surface area contributed by atoms with Crippen molar-refractivity contribution in [3.8, 4) is 0 Å². The van der Waals surface area contributed by atoms with Crippen LogP contribution in [0.1, 0.15) is 59.3 Å². The summed E-state index contributed by atoms with van der Waals surface area (Å²) < 4.78 is 4.91. The molecule has 2 saturated carbocycles. The SMILES string of the molecule is CC(=O)OCC(=O)[C@@]1(O)CC[C@H]2[C@@H]3C=CC4=CC(=O)CC[C@]4(C)[C@H]3CC[C@@]21C. The number of rotatable bonds is 3. The summed E-state index contributed by atoms with van der Waals surface area (Å²) in [4.78, 5) is 35.8. The summed E-state index contributed by atoms with van der Waals surface area (Å²) in [6.07, 6.45) is 10.5. The Labute approximate surface area is 166 Å². The summed E-state index contributed by atoms with van der Waals surface area (Å²) in [5.74, 6) is 0.272. The molecule has 0 aliphatic heterocycles. The highest BCUT2D eigenvalue weighted by Crippen LogP contribution is 2.66. The van der Waals surface area contributed by atoms with Gasteiger partial charge in [-0.3, -0.25) is 14.4 Å². The van der Waals surface area contributed by atoms with Gasteiger partial charge < -0.3 is 9.84 Å². The fraction of sp³-hybridized carbons (Fsp3) is 0.696. The van der Waals surface area contributed by atoms with E-state index in [-0.39, 0.29) is 29.5 Å². The summed E-state index contributed by atoms with van der Waals surface area (Å²) in [7, 11) is 0. The standard InChI is InChI=1S/C23H30O5/c1-14(24)28-13-20(26)23(27)11-8-19-17-5-4-15-12-16(25)6-9-21(15,2)18(17)7-10-22(19,23)3/h4-5,12,17-19,27H,6-11,13H2,1-3H3/t17-,18+,19+,21+,22+,23+/m1/s1. The van der Waals surface area contributed by atoms with Gasteiger partial charge in [0.05, 0.1) is 0 Å². The fourth-order valence-electron chi connectivity index (χ4n) is 6.76. The maximum Gasteiger partial charge on any atom is 0.303 e. The highest BCUT2D eigenvalue weighted by molar-refractivity contribution is 5.92. The van der Waals surface area contributed by atoms with E-state index in [2.05, 4.69) is 19.1 Å². The van der Waals surface area contributed by atoms with Gasteiger partial charge in [-0.05, 0) is 66.9 Å². The Morgan fingerprint density at radius 1 is 1.18 bits per heavy atom. The Hall–Kier alpha value is -1.75. The Morgan fingerprint density at radius 3 is 2.61 bits per heavy atom. The van der Waals surface area contributed by atoms with E-state index in [0.29, 0.717) is 24.7 Å². The number of carbonyl (C=O) groups is 3. The predicted octanol–water partition coefficient (Wildman–Crippen LogP) is 3.16. The van der Waals surface area contributed by atoms with Gasteiger partial charge in [0.1, 0.15) is 5.60 Å². The summed E-state index contributed by atoms with van der Waals surface area (Å²) in [5.41, 5.74) is -0.812. The smallest absolute Gasteiger partial charge is 0.303 e. The van der Waals surface area contributed by atoms with Gasteiger partial charge in [-0.15, -0.1) is 0 Å². The average Bonchev–Trinajstić information content (AvgIpc) is 2.92. The molecule has 0 saturated heterocycles. The maximum atomic E-state index is 12.8. The normalized spacial score (nSPS) is 44.2. The Balaban J connectivity index is 1.64. The van der Waals surface area contributed by atoms with Crippen LogP contribution in [-0.4, -0.2) is 34.9 Å². The highest BCUT2D eigenvalue weighted by atomic mass is 16.5. The number of esters is 1. The predicted molar refractivity (Wildman–Crippen MR) is 103 cm³/mol. The molecule has 0 radical (unpaired) electrons. The molecule has 2 fully saturated rings. The van der Waals surface area contributed by atoms with E-state index in [9.17, 15) is 19.5 Å². The molecule has 0 bridgehead atoms. The third-order valence-electron chi connectivity index (χ3n) is 8.54. The first kappa shape index (κ1) is 19.6. The topological polar surface area (TPSA) is 80.7 Å². The largest absolute Gasteiger partial charge is 0.458 e. The molecule has 6 atom stereocenters. The molecule has 0 aromatic heterocycles. The zero-order valence-electron chi connectivity index (χ0n) is 17.0. The lowest BCUT2D eigenvalue weighted by molar-refractivity contribution is -0.167. The number of ether oxygens (including phenoxy) is 1. The van der Waals surface area contributed by atoms with Crippen LogP contribution in [0.3, 0.4) is 0 Å². The number of ketones is 2. The van der Waals surface area contributed by atoms with Crippen molar-refractivity contribution in [1.29, 1.82) is 0 Å². The van der Waals surface area contributed by atoms with Crippen LogP contribution in [0.5, 0.6) is 0 Å². The number of Topliss-reactive ketones (excluding diaryl/α,β-unsaturated/α-hetero) is 1. The van der Waals surface area contributed by atoms with Crippen LogP contribution in [0.15, 0.2) is 23.8 Å². The van der Waals surface area contributed by atoms with Crippen molar-refractivity contribution < 1.29 is 24.2 Å². The second-order valence-corrected chi connectivity index (χ2v) is 9.69. The van der Waals surface area contributed by atoms with E-state index in [1.165, 1.54) is 6.92 Å². The molecule has 5 nitrogen and oxygen atoms in total. The average molecular weight is 386 g/mol. The van der Waals surface area contributed by atoms with Crippen LogP contribution in [0.25, 0.3) is 0 Å². The number of fused-ring (bicyclic) bond motifs is 5. The van der Waals surface area contributed by atoms with E-state index in [1.54, 1.807) is 0 Å². The molecule has 0 heterocycles. The molecule has 4 aliphatic rings. The van der Waals surface area contributed by atoms with Crippen LogP contribution in [-0.2, 0) is 19.1 Å². The summed E-state index contributed by atoms with van der Waals surface area (Å²) >= 11 is 0. The second kappa shape index (κ2) is 6.38. The van der Waals surface area contributed by atoms with Crippen molar-refractivity contribution >= 4 is 17.5 Å². The Morgan fingerprint density at radius 2 is 1.89 bits per heavy atom. The second-order valence-electron chi connectivity index (χ2n) is 9.69. The van der Waals surface area contributed by atoms with E-state index >= 15 is 0 Å². The molecule has 4 rings (SSSR count). The lowest BCUT2D eigenvalue weighted by Crippen LogP contribution is -2.57. The lowest BCUT2D eigenvalue weighted by Gasteiger charge is -2.56. The summed E-state index contributed by atoms with van der Waals surface area (Å²) in [6, 6.07) is 0. The quantitative estimate of drug-likeness (QED) is 0.754. The molecule has 28 heavy (non-hydrogen) atoms. The maximum absolute atomic E-state index is 12.8. The van der Waals surface area contributed by atoms with Gasteiger partial charge >= 0.3 is 5.97 Å². The molecule has 4 aliphatic carbocycles. The number of aliphatic hydroxyl groups is 1. The van der Waals surface area contributed by atoms with Crippen molar-refractivity contribution in [3.05, 3.63) is 23.8 Å². The lowest BCUT2D eigenvalue weighted by atomic mass is 9.48. The van der Waals surface area contributed by atoms with Gasteiger partial charge in [0.25, 0.3) is 0 Å². The number of carbonyl (C=O) groups excluding carboxylic acids is 3. The van der Waals surface area contributed by atoms with Gasteiger partial charge in [-0.25, -0.2) is 0 Å². The molecule has 0 aromatic rings. The van der Waals surface area contributed by atoms with Crippen LogP contribution in [0, 0.1) is 28.6 Å². The first-order valence-electron chi connectivity index (χ1n) is 10.4. The number of allylic oxidation sites excluding steroid dienone is 4. The van der Waals surface area contributed by atoms with Crippen molar-refractivity contribution in [2.45, 2.75) is 64.9 Å². The van der Waals surface area contributed by atoms with Gasteiger partial charge in [-0.2, -0.15) is 0 Å². The third-order valence-corrected chi connectivity index (χ3v) is 8.54. The monoisotopic (exact) mass is 386 g/mol. The van der Waals surface area contributed by atoms with Crippen LogP contribution < -0.4 is 0 Å². The third kappa shape index (κ3) is 2.58. The van der Waals surface area contributed by atoms with Gasteiger partial charge in [0.15, 0.2) is 12.4 Å². The highest BCUT2D eigenvalue weighted by Gasteiger charge is 2.65. The van der Waals surface area contributed by atoms with Crippen molar-refractivity contribution in [2.75, 3.05) is 6.61 Å². The molecule has 1 N–H and O–H groups in total. The van der Waals surface area contributed by atoms with Gasteiger partial charge in [0.2, 0.25) is 5.78 Å². The van der Waals surface area contributed by atoms with Gasteiger partial charge in [-0.1, -0.05) is 26.0 Å². The minimum atomic E-state index is -1.44. The summed E-state index contributed by atoms with van der Waals surface area (Å²) in [5, 5.41) is 11.4. The first-order valence-corrected chi connectivity index (χ1v) is 10.4. The molecule has 0 unspecified atom stereocenters. The Bertz CT molecular complexity index is 795. The minimum absolute atomic E-state index is 0.00286. The molecular weight excluding hydrogens is 356 g/mol. The number of hydrogen-bond acceptors (Lipinski definition) is 5. The zero-order valence-corrected chi connectivity index (χ0v) is 17.0. The molecule has 5 heteroatoms. The van der Waals surface area contributed by atoms with Crippen molar-refractivity contribution in [3.63, 3.8) is 0 Å². The molecular formula is C23H30O5. The van der Waals surface area contributed by atoms with Crippen LogP contribution >= 0.6 is 0 Å². The van der Waals surface area contributed by atoms with Crippen molar-refractivity contribution in [2.24, 2.45) is 28.6 Å². The Kier molecular flexibility index (Phi) is 4.46. The number of hydrogen-bond donors (Lipinski definition) is 1. The first-order chi connectivity index (χ1) is 13.1. The van der Waals surface area contributed by atoms with Crippen LogP contribution in [0.2, 0.25) is 0 Å². The zero-order chi connectivity index (χ0) is 20.3. The van der Waals surface area contributed by atoms with E-state index < -0.39 is 17.0 Å². The molecule has 0 aromatic carbocycles. The van der Waals surface area contributed by atoms with Crippen LogP contribution in [0.4, 0.5) is 0 Å². The minimum Gasteiger partial charge on any atom is -0.458 e. The van der Waals surface area contributed by atoms with E-state index in [1.807, 2.05) is 13.0 Å².